The maximum atomic E-state index is 11.3. The first kappa shape index (κ1) is 12.8. The molecule has 8 heteroatoms. The Labute approximate surface area is 92.9 Å². The summed E-state index contributed by atoms with van der Waals surface area (Å²) in [6.45, 7) is 3.42. The number of azo groups is 1. The predicted octanol–water partition coefficient (Wildman–Crippen LogP) is 0.893. The van der Waals surface area contributed by atoms with E-state index in [0.29, 0.717) is 0 Å². The smallest absolute Gasteiger partial charge is 0.298 e. The third-order valence-electron chi connectivity index (χ3n) is 2.03. The summed E-state index contributed by atoms with van der Waals surface area (Å²) in [6, 6.07) is 0. The molecule has 1 amide bonds. The summed E-state index contributed by atoms with van der Waals surface area (Å²) in [5.74, 6) is -0.912. The Hall–Kier alpha value is -1.28. The van der Waals surface area contributed by atoms with Gasteiger partial charge >= 0.3 is 0 Å². The van der Waals surface area contributed by atoms with Gasteiger partial charge in [0.05, 0.1) is 6.61 Å². The molecule has 1 aliphatic rings. The van der Waals surface area contributed by atoms with Gasteiger partial charge in [0.2, 0.25) is 5.88 Å². The predicted molar refractivity (Wildman–Crippen MR) is 54.1 cm³/mol. The fraction of sp³-hybridized carbons (Fsp3) is 0.625. The van der Waals surface area contributed by atoms with Crippen molar-refractivity contribution in [1.29, 1.82) is 0 Å². The number of hydrogen-bond donors (Lipinski definition) is 1. The van der Waals surface area contributed by atoms with Crippen molar-refractivity contribution in [1.82, 2.24) is 0 Å². The van der Waals surface area contributed by atoms with Crippen LogP contribution in [-0.4, -0.2) is 30.7 Å². The van der Waals surface area contributed by atoms with Gasteiger partial charge in [-0.25, -0.2) is 0 Å². The summed E-state index contributed by atoms with van der Waals surface area (Å²) in [5, 5.41) is 5.30. The van der Waals surface area contributed by atoms with Gasteiger partial charge in [0.1, 0.15) is 10.8 Å². The molecule has 0 aliphatic carbocycles. The Morgan fingerprint density at radius 2 is 2.00 bits per heavy atom. The highest BCUT2D eigenvalue weighted by atomic mass is 32.2. The highest BCUT2D eigenvalue weighted by Crippen LogP contribution is 2.26. The number of carbonyl (C=O) groups is 1. The fourth-order valence-electron chi connectivity index (χ4n) is 1.37. The molecule has 0 fully saturated rings. The second-order valence-corrected chi connectivity index (χ2v) is 4.67. The number of amides is 1. The highest BCUT2D eigenvalue weighted by Gasteiger charge is 2.36. The lowest BCUT2D eigenvalue weighted by atomic mass is 10.1. The minimum Gasteiger partial charge on any atom is -0.477 e. The minimum absolute atomic E-state index is 0.0432. The lowest BCUT2D eigenvalue weighted by molar-refractivity contribution is -0.114. The van der Waals surface area contributed by atoms with Crippen molar-refractivity contribution >= 4 is 16.0 Å². The van der Waals surface area contributed by atoms with Gasteiger partial charge in [-0.05, 0) is 13.3 Å². The van der Waals surface area contributed by atoms with Crippen LogP contribution in [0.3, 0.4) is 0 Å². The number of hydrogen-bond acceptors (Lipinski definition) is 5. The number of ether oxygens (including phenoxy) is 1. The average molecular weight is 248 g/mol. The van der Waals surface area contributed by atoms with Gasteiger partial charge in [0.15, 0.2) is 0 Å². The third kappa shape index (κ3) is 2.45. The van der Waals surface area contributed by atoms with Gasteiger partial charge in [-0.15, -0.1) is 10.2 Å². The standard InChI is InChI=1S/C8H12N2O5S/c1-3-5(16(12,13)14)6-7(11)9-10-8(6)15-4-2/h5H,3-4H2,1-2H3,(H,12,13,14). The van der Waals surface area contributed by atoms with Crippen molar-refractivity contribution in [2.24, 2.45) is 10.2 Å². The molecule has 0 saturated heterocycles. The van der Waals surface area contributed by atoms with Crippen LogP contribution < -0.4 is 0 Å². The Balaban J connectivity index is 3.18. The van der Waals surface area contributed by atoms with E-state index in [9.17, 15) is 13.2 Å². The summed E-state index contributed by atoms with van der Waals surface area (Å²) in [4.78, 5) is 11.3. The first-order valence-corrected chi connectivity index (χ1v) is 6.21. The Morgan fingerprint density at radius 3 is 2.44 bits per heavy atom. The Bertz CT molecular complexity index is 451. The van der Waals surface area contributed by atoms with E-state index in [1.807, 2.05) is 0 Å². The molecule has 1 N–H and O–H groups in total. The quantitative estimate of drug-likeness (QED) is 0.727. The average Bonchev–Trinajstić information content (AvgIpc) is 2.49. The van der Waals surface area contributed by atoms with Gasteiger partial charge in [-0.2, -0.15) is 8.42 Å². The van der Waals surface area contributed by atoms with Crippen molar-refractivity contribution in [2.75, 3.05) is 6.61 Å². The summed E-state index contributed by atoms with van der Waals surface area (Å²) in [5.41, 5.74) is -0.202. The monoisotopic (exact) mass is 248 g/mol. The molecule has 1 atom stereocenters. The molecule has 0 spiro atoms. The normalized spacial score (nSPS) is 18.1. The van der Waals surface area contributed by atoms with Crippen molar-refractivity contribution in [3.8, 4) is 0 Å². The first-order valence-electron chi connectivity index (χ1n) is 4.71. The number of nitrogens with zero attached hydrogens (tertiary/aromatic N) is 2. The molecule has 1 rings (SSSR count). The zero-order valence-corrected chi connectivity index (χ0v) is 9.69. The third-order valence-corrected chi connectivity index (χ3v) is 3.31. The molecule has 0 aromatic heterocycles. The van der Waals surface area contributed by atoms with Crippen molar-refractivity contribution in [3.05, 3.63) is 11.5 Å². The SMILES string of the molecule is CCOC1=C(C(CC)S(=O)(=O)O)C(=O)N=N1. The maximum Gasteiger partial charge on any atom is 0.298 e. The maximum absolute atomic E-state index is 11.3. The van der Waals surface area contributed by atoms with E-state index in [-0.39, 0.29) is 24.5 Å². The molecule has 1 unspecified atom stereocenters. The first-order chi connectivity index (χ1) is 7.41. The summed E-state index contributed by atoms with van der Waals surface area (Å²) in [7, 11) is -4.36. The second kappa shape index (κ2) is 4.71. The van der Waals surface area contributed by atoms with Gasteiger partial charge < -0.3 is 4.74 Å². The van der Waals surface area contributed by atoms with Crippen LogP contribution in [-0.2, 0) is 19.6 Å². The molecule has 0 aromatic rings. The highest BCUT2D eigenvalue weighted by molar-refractivity contribution is 7.86. The Morgan fingerprint density at radius 1 is 1.38 bits per heavy atom. The van der Waals surface area contributed by atoms with E-state index >= 15 is 0 Å². The van der Waals surface area contributed by atoms with Crippen LogP contribution in [0.4, 0.5) is 0 Å². The van der Waals surface area contributed by atoms with Gasteiger partial charge in [0.25, 0.3) is 16.0 Å². The molecular formula is C8H12N2O5S. The lowest BCUT2D eigenvalue weighted by Gasteiger charge is -2.11. The topological polar surface area (TPSA) is 105 Å². The largest absolute Gasteiger partial charge is 0.477 e. The number of carbonyl (C=O) groups excluding carboxylic acids is 1. The molecule has 90 valence electrons. The van der Waals surface area contributed by atoms with E-state index in [2.05, 4.69) is 10.2 Å². The molecule has 0 aromatic carbocycles. The van der Waals surface area contributed by atoms with E-state index in [1.54, 1.807) is 6.92 Å². The summed E-state index contributed by atoms with van der Waals surface area (Å²) < 4.78 is 36.1. The van der Waals surface area contributed by atoms with E-state index in [0.717, 1.165) is 0 Å². The van der Waals surface area contributed by atoms with Crippen LogP contribution in [0, 0.1) is 0 Å². The second-order valence-electron chi connectivity index (χ2n) is 3.07. The minimum atomic E-state index is -4.36. The molecule has 1 heterocycles. The van der Waals surface area contributed by atoms with Crippen LogP contribution in [0.5, 0.6) is 0 Å². The Kier molecular flexibility index (Phi) is 3.76. The van der Waals surface area contributed by atoms with Gasteiger partial charge in [0, 0.05) is 0 Å². The molecule has 0 radical (unpaired) electrons. The van der Waals surface area contributed by atoms with Crippen molar-refractivity contribution in [3.63, 3.8) is 0 Å². The zero-order chi connectivity index (χ0) is 12.3. The lowest BCUT2D eigenvalue weighted by Crippen LogP contribution is -2.26. The van der Waals surface area contributed by atoms with E-state index in [1.165, 1.54) is 6.92 Å². The van der Waals surface area contributed by atoms with Crippen molar-refractivity contribution in [2.45, 2.75) is 25.5 Å². The number of rotatable bonds is 5. The zero-order valence-electron chi connectivity index (χ0n) is 8.87. The van der Waals surface area contributed by atoms with Gasteiger partial charge in [-0.1, -0.05) is 6.92 Å². The van der Waals surface area contributed by atoms with Crippen LogP contribution in [0.2, 0.25) is 0 Å². The molecule has 0 bridgehead atoms. The molecular weight excluding hydrogens is 236 g/mol. The molecule has 0 saturated carbocycles. The summed E-state index contributed by atoms with van der Waals surface area (Å²) in [6.07, 6.45) is 0.0432. The fourth-order valence-corrected chi connectivity index (χ4v) is 2.29. The van der Waals surface area contributed by atoms with Gasteiger partial charge in [-0.3, -0.25) is 9.35 Å². The van der Waals surface area contributed by atoms with Crippen LogP contribution >= 0.6 is 0 Å². The van der Waals surface area contributed by atoms with Crippen LogP contribution in [0.1, 0.15) is 20.3 Å². The van der Waals surface area contributed by atoms with Crippen LogP contribution in [0.15, 0.2) is 21.7 Å². The van der Waals surface area contributed by atoms with E-state index < -0.39 is 21.3 Å². The van der Waals surface area contributed by atoms with Crippen molar-refractivity contribution < 1.29 is 22.5 Å². The van der Waals surface area contributed by atoms with Crippen LogP contribution in [0.25, 0.3) is 0 Å². The molecule has 7 nitrogen and oxygen atoms in total. The van der Waals surface area contributed by atoms with E-state index in [4.69, 9.17) is 9.29 Å². The molecule has 16 heavy (non-hydrogen) atoms. The summed E-state index contributed by atoms with van der Waals surface area (Å²) >= 11 is 0. The molecule has 1 aliphatic heterocycles.